The van der Waals surface area contributed by atoms with Gasteiger partial charge in [0.25, 0.3) is 0 Å². The maximum Gasteiger partial charge on any atom is 0.148 e. The molecule has 0 spiro atoms. The maximum absolute atomic E-state index is 9.37. The molecule has 1 aliphatic rings. The number of allylic oxidation sites excluding steroid dienone is 4. The van der Waals surface area contributed by atoms with Crippen LogP contribution in [0.4, 0.5) is 5.69 Å². The van der Waals surface area contributed by atoms with Crippen LogP contribution < -0.4 is 10.9 Å². The molecule has 3 aromatic rings. The molecule has 166 valence electrons. The molecular weight excluding hydrogens is 430 g/mol. The molecule has 0 heterocycles. The second-order valence-corrected chi connectivity index (χ2v) is 7.72. The van der Waals surface area contributed by atoms with Gasteiger partial charge >= 0.3 is 0 Å². The van der Waals surface area contributed by atoms with Crippen molar-refractivity contribution in [1.82, 2.24) is 5.43 Å². The fourth-order valence-electron chi connectivity index (χ4n) is 3.90. The van der Waals surface area contributed by atoms with E-state index in [-0.39, 0.29) is 17.2 Å². The minimum atomic E-state index is -0.199. The summed E-state index contributed by atoms with van der Waals surface area (Å²) >= 11 is 0. The van der Waals surface area contributed by atoms with E-state index >= 15 is 0 Å². The van der Waals surface area contributed by atoms with Crippen LogP contribution in [0.15, 0.2) is 120 Å². The molecular formula is C30H21N5. The van der Waals surface area contributed by atoms with Gasteiger partial charge in [-0.15, -0.1) is 0 Å². The van der Waals surface area contributed by atoms with Crippen LogP contribution in [0.2, 0.25) is 0 Å². The molecule has 0 saturated carbocycles. The molecule has 0 saturated heterocycles. The molecule has 0 aromatic heterocycles. The van der Waals surface area contributed by atoms with E-state index in [4.69, 9.17) is 10.5 Å². The van der Waals surface area contributed by atoms with Gasteiger partial charge < -0.3 is 5.43 Å². The van der Waals surface area contributed by atoms with Crippen LogP contribution in [0.1, 0.15) is 16.7 Å². The lowest BCUT2D eigenvalue weighted by atomic mass is 9.88. The lowest BCUT2D eigenvalue weighted by Crippen LogP contribution is -2.35. The van der Waals surface area contributed by atoms with Crippen molar-refractivity contribution >= 4 is 16.8 Å². The Kier molecular flexibility index (Phi) is 7.32. The summed E-state index contributed by atoms with van der Waals surface area (Å²) in [7, 11) is 0. The highest BCUT2D eigenvalue weighted by atomic mass is 15.4. The van der Waals surface area contributed by atoms with Crippen LogP contribution in [0.5, 0.6) is 0 Å². The Morgan fingerprint density at radius 2 is 1.26 bits per heavy atom. The summed E-state index contributed by atoms with van der Waals surface area (Å²) in [6.07, 6.45) is 8.25. The molecule has 3 aromatic carbocycles. The van der Waals surface area contributed by atoms with Gasteiger partial charge in [-0.2, -0.15) is 15.8 Å². The summed E-state index contributed by atoms with van der Waals surface area (Å²) in [4.78, 5) is 0. The van der Waals surface area contributed by atoms with Crippen LogP contribution in [0.25, 0.3) is 11.1 Å². The molecule has 0 bridgehead atoms. The van der Waals surface area contributed by atoms with Crippen molar-refractivity contribution in [3.05, 3.63) is 137 Å². The first-order valence-electron chi connectivity index (χ1n) is 11.0. The first-order chi connectivity index (χ1) is 17.2. The molecule has 1 atom stereocenters. The van der Waals surface area contributed by atoms with Crippen molar-refractivity contribution in [2.45, 2.75) is 6.04 Å². The second kappa shape index (κ2) is 11.1. The number of nitrogens with one attached hydrogen (secondary N) is 2. The summed E-state index contributed by atoms with van der Waals surface area (Å²) in [5, 5.41) is 27.5. The predicted molar refractivity (Wildman–Crippen MR) is 138 cm³/mol. The number of hydrogen-bond acceptors (Lipinski definition) is 5. The van der Waals surface area contributed by atoms with Crippen molar-refractivity contribution in [3.8, 4) is 18.2 Å². The number of nitriles is 3. The summed E-state index contributed by atoms with van der Waals surface area (Å²) < 4.78 is 0. The van der Waals surface area contributed by atoms with E-state index in [1.54, 1.807) is 36.4 Å². The predicted octanol–water partition coefficient (Wildman–Crippen LogP) is 5.92. The molecule has 0 aliphatic heterocycles. The van der Waals surface area contributed by atoms with E-state index in [1.807, 2.05) is 54.6 Å². The van der Waals surface area contributed by atoms with Crippen LogP contribution in [-0.4, -0.2) is 6.04 Å². The Hall–Kier alpha value is -5.15. The Morgan fingerprint density at radius 3 is 1.80 bits per heavy atom. The highest BCUT2D eigenvalue weighted by Gasteiger charge is 2.18. The quantitative estimate of drug-likeness (QED) is 0.358. The average molecular weight is 452 g/mol. The summed E-state index contributed by atoms with van der Waals surface area (Å²) in [5.41, 5.74) is 12.3. The van der Waals surface area contributed by atoms with Gasteiger partial charge in [-0.05, 0) is 40.0 Å². The van der Waals surface area contributed by atoms with Gasteiger partial charge in [0, 0.05) is 5.69 Å². The normalized spacial score (nSPS) is 13.7. The van der Waals surface area contributed by atoms with E-state index in [1.165, 1.54) is 0 Å². The van der Waals surface area contributed by atoms with Gasteiger partial charge in [-0.3, -0.25) is 0 Å². The zero-order valence-electron chi connectivity index (χ0n) is 18.8. The maximum atomic E-state index is 9.37. The number of benzene rings is 3. The average Bonchev–Trinajstić information content (AvgIpc) is 2.93. The summed E-state index contributed by atoms with van der Waals surface area (Å²) in [6.45, 7) is 0. The lowest BCUT2D eigenvalue weighted by molar-refractivity contribution is 0.751. The van der Waals surface area contributed by atoms with Crippen molar-refractivity contribution in [1.29, 1.82) is 15.8 Å². The largest absolute Gasteiger partial charge is 0.321 e. The van der Waals surface area contributed by atoms with Crippen LogP contribution in [-0.2, 0) is 0 Å². The molecule has 1 unspecified atom stereocenters. The minimum absolute atomic E-state index is 0.0652. The van der Waals surface area contributed by atoms with Crippen LogP contribution in [0.3, 0.4) is 0 Å². The van der Waals surface area contributed by atoms with E-state index in [9.17, 15) is 5.26 Å². The molecule has 35 heavy (non-hydrogen) atoms. The number of nitrogens with zero attached hydrogens (tertiary/aromatic N) is 3. The molecule has 0 radical (unpaired) electrons. The van der Waals surface area contributed by atoms with Crippen molar-refractivity contribution in [2.75, 3.05) is 5.43 Å². The number of rotatable bonds is 6. The topological polar surface area (TPSA) is 95.4 Å². The molecule has 5 heteroatoms. The number of anilines is 1. The fraction of sp³-hybridized carbons (Fsp3) is 0.0333. The van der Waals surface area contributed by atoms with Crippen LogP contribution in [0, 0.1) is 34.0 Å². The number of hydrogen-bond donors (Lipinski definition) is 2. The van der Waals surface area contributed by atoms with Gasteiger partial charge in [0.1, 0.15) is 23.8 Å². The first kappa shape index (κ1) is 23.0. The fourth-order valence-corrected chi connectivity index (χ4v) is 3.90. The van der Waals surface area contributed by atoms with E-state index in [0.717, 1.165) is 28.0 Å². The Morgan fingerprint density at radius 1 is 0.657 bits per heavy atom. The van der Waals surface area contributed by atoms with E-state index < -0.39 is 0 Å². The highest BCUT2D eigenvalue weighted by molar-refractivity contribution is 5.86. The third-order valence-corrected chi connectivity index (χ3v) is 5.57. The summed E-state index contributed by atoms with van der Waals surface area (Å²) in [5.74, 6) is 0. The zero-order chi connectivity index (χ0) is 24.5. The summed E-state index contributed by atoms with van der Waals surface area (Å²) in [6, 6.07) is 33.0. The Balaban J connectivity index is 1.63. The second-order valence-electron chi connectivity index (χ2n) is 7.72. The SMILES string of the molecule is N#CC(C#N)=C(C#N)c1ccc(NNC2C=CC=CC2=C(c2ccccc2)c2ccccc2)cc1. The molecule has 5 nitrogen and oxygen atoms in total. The number of hydrazine groups is 1. The third-order valence-electron chi connectivity index (χ3n) is 5.57. The van der Waals surface area contributed by atoms with Gasteiger partial charge in [-0.1, -0.05) is 97.1 Å². The molecule has 4 rings (SSSR count). The van der Waals surface area contributed by atoms with E-state index in [0.29, 0.717) is 5.56 Å². The first-order valence-corrected chi connectivity index (χ1v) is 11.0. The lowest BCUT2D eigenvalue weighted by Gasteiger charge is -2.24. The van der Waals surface area contributed by atoms with Crippen molar-refractivity contribution in [3.63, 3.8) is 0 Å². The molecule has 1 aliphatic carbocycles. The van der Waals surface area contributed by atoms with Gasteiger partial charge in [-0.25, -0.2) is 5.43 Å². The van der Waals surface area contributed by atoms with Crippen molar-refractivity contribution < 1.29 is 0 Å². The highest BCUT2D eigenvalue weighted by Crippen LogP contribution is 2.31. The standard InChI is InChI=1S/C30H21N5/c31-19-25(20-32)28(21-33)22-15-17-26(18-16-22)34-35-29-14-8-7-13-27(29)30(23-9-3-1-4-10-23)24-11-5-2-6-12-24/h1-18,29,34-35H. The monoisotopic (exact) mass is 451 g/mol. The van der Waals surface area contributed by atoms with Gasteiger partial charge in [0.05, 0.1) is 11.6 Å². The molecule has 0 fully saturated rings. The Labute approximate surface area is 204 Å². The Bertz CT molecular complexity index is 1380. The van der Waals surface area contributed by atoms with Gasteiger partial charge in [0.15, 0.2) is 0 Å². The van der Waals surface area contributed by atoms with Crippen LogP contribution >= 0.6 is 0 Å². The van der Waals surface area contributed by atoms with Crippen molar-refractivity contribution in [2.24, 2.45) is 0 Å². The smallest absolute Gasteiger partial charge is 0.148 e. The minimum Gasteiger partial charge on any atom is -0.321 e. The zero-order valence-corrected chi connectivity index (χ0v) is 18.8. The molecule has 2 N–H and O–H groups in total. The molecule has 0 amide bonds. The third kappa shape index (κ3) is 5.27. The van der Waals surface area contributed by atoms with E-state index in [2.05, 4.69) is 47.3 Å². The van der Waals surface area contributed by atoms with Gasteiger partial charge in [0.2, 0.25) is 0 Å².